The first kappa shape index (κ1) is 14.7. The minimum absolute atomic E-state index is 0.272. The lowest BCUT2D eigenvalue weighted by molar-refractivity contribution is 0.101. The lowest BCUT2D eigenvalue weighted by Crippen LogP contribution is -2.15. The summed E-state index contributed by atoms with van der Waals surface area (Å²) in [6.07, 6.45) is 0. The largest absolute Gasteiger partial charge is 0.329 e. The van der Waals surface area contributed by atoms with Gasteiger partial charge in [0.25, 0.3) is 5.91 Å². The number of hydrogen-bond acceptors (Lipinski definition) is 2. The van der Waals surface area contributed by atoms with Crippen LogP contribution in [-0.2, 0) is 7.05 Å². The summed E-state index contributed by atoms with van der Waals surface area (Å²) < 4.78 is 1.48. The lowest BCUT2D eigenvalue weighted by Gasteiger charge is -2.07. The first-order valence-corrected chi connectivity index (χ1v) is 6.59. The summed E-state index contributed by atoms with van der Waals surface area (Å²) in [5.74, 6) is -0.373. The predicted molar refractivity (Wildman–Crippen MR) is 79.6 cm³/mol. The Morgan fingerprint density at radius 3 is 2.45 bits per heavy atom. The van der Waals surface area contributed by atoms with E-state index in [-0.39, 0.29) is 16.1 Å². The Morgan fingerprint density at radius 2 is 1.95 bits per heavy atom. The molecule has 20 heavy (non-hydrogen) atoms. The monoisotopic (exact) mass is 327 g/mol. The Kier molecular flexibility index (Phi) is 4.24. The Bertz CT molecular complexity index is 731. The summed E-state index contributed by atoms with van der Waals surface area (Å²) in [4.78, 5) is 12.1. The number of amides is 1. The molecular weight excluding hydrogens is 321 g/mol. The lowest BCUT2D eigenvalue weighted by atomic mass is 10.2. The summed E-state index contributed by atoms with van der Waals surface area (Å²) >= 11 is 17.7. The second-order valence-corrected chi connectivity index (χ2v) is 5.16. The Balaban J connectivity index is 2.26. The van der Waals surface area contributed by atoms with Crippen molar-refractivity contribution in [2.24, 2.45) is 7.05 Å². The van der Waals surface area contributed by atoms with Crippen LogP contribution in [0.3, 0.4) is 0 Å². The molecule has 0 atom stereocenters. The van der Waals surface area contributed by atoms with Gasteiger partial charge in [-0.2, -0.15) is 5.26 Å². The molecule has 4 nitrogen and oxygen atoms in total. The van der Waals surface area contributed by atoms with Gasteiger partial charge < -0.3 is 9.88 Å². The summed E-state index contributed by atoms with van der Waals surface area (Å²) in [6, 6.07) is 8.05. The van der Waals surface area contributed by atoms with Gasteiger partial charge in [0.15, 0.2) is 0 Å². The summed E-state index contributed by atoms with van der Waals surface area (Å²) in [5, 5.41) is 12.3. The van der Waals surface area contributed by atoms with Crippen LogP contribution in [0, 0.1) is 11.3 Å². The second kappa shape index (κ2) is 5.76. The normalized spacial score (nSPS) is 10.2. The first-order valence-electron chi connectivity index (χ1n) is 5.45. The van der Waals surface area contributed by atoms with Crippen molar-refractivity contribution in [2.45, 2.75) is 0 Å². The van der Waals surface area contributed by atoms with Crippen molar-refractivity contribution < 1.29 is 4.79 Å². The molecule has 0 spiro atoms. The maximum atomic E-state index is 12.1. The van der Waals surface area contributed by atoms with E-state index in [1.165, 1.54) is 22.8 Å². The maximum absolute atomic E-state index is 12.1. The Labute approximate surface area is 130 Å². The molecule has 1 heterocycles. The van der Waals surface area contributed by atoms with E-state index < -0.39 is 0 Å². The minimum Gasteiger partial charge on any atom is -0.329 e. The number of hydrogen-bond donors (Lipinski definition) is 1. The molecule has 0 fully saturated rings. The minimum atomic E-state index is -0.373. The van der Waals surface area contributed by atoms with Crippen LogP contribution < -0.4 is 5.32 Å². The van der Waals surface area contributed by atoms with Gasteiger partial charge in [-0.05, 0) is 24.3 Å². The molecule has 1 aromatic carbocycles. The van der Waals surface area contributed by atoms with Gasteiger partial charge in [0.05, 0.1) is 15.6 Å². The van der Waals surface area contributed by atoms with Crippen LogP contribution in [0.25, 0.3) is 0 Å². The number of nitriles is 1. The Hall–Kier alpha value is -1.67. The number of carbonyl (C=O) groups excluding carboxylic acids is 1. The van der Waals surface area contributed by atoms with E-state index in [2.05, 4.69) is 5.32 Å². The summed E-state index contributed by atoms with van der Waals surface area (Å²) in [5.41, 5.74) is 1.14. The van der Waals surface area contributed by atoms with Gasteiger partial charge in [-0.1, -0.05) is 34.8 Å². The maximum Gasteiger partial charge on any atom is 0.272 e. The zero-order chi connectivity index (χ0) is 14.9. The molecule has 1 amide bonds. The first-order chi connectivity index (χ1) is 9.43. The number of rotatable bonds is 2. The molecule has 0 unspecified atom stereocenters. The number of halogens is 3. The molecule has 0 radical (unpaired) electrons. The van der Waals surface area contributed by atoms with Gasteiger partial charge >= 0.3 is 0 Å². The number of carbonyl (C=O) groups is 1. The zero-order valence-corrected chi connectivity index (χ0v) is 12.5. The highest BCUT2D eigenvalue weighted by molar-refractivity contribution is 6.42. The highest BCUT2D eigenvalue weighted by atomic mass is 35.5. The predicted octanol–water partition coefficient (Wildman–Crippen LogP) is 4.11. The number of nitrogens with one attached hydrogen (secondary N) is 1. The number of nitrogens with zero attached hydrogens (tertiary/aromatic N) is 2. The van der Waals surface area contributed by atoms with Crippen LogP contribution in [0.5, 0.6) is 0 Å². The summed E-state index contributed by atoms with van der Waals surface area (Å²) in [6.45, 7) is 0. The molecular formula is C13H8Cl3N3O. The average Bonchev–Trinajstić information content (AvgIpc) is 2.67. The zero-order valence-electron chi connectivity index (χ0n) is 10.2. The van der Waals surface area contributed by atoms with E-state index in [4.69, 9.17) is 40.1 Å². The van der Waals surface area contributed by atoms with E-state index in [1.54, 1.807) is 13.1 Å². The van der Waals surface area contributed by atoms with Crippen LogP contribution in [0.15, 0.2) is 24.3 Å². The van der Waals surface area contributed by atoms with Gasteiger partial charge in [-0.3, -0.25) is 4.79 Å². The fourth-order valence-corrected chi connectivity index (χ4v) is 2.24. The van der Waals surface area contributed by atoms with Crippen LogP contribution in [0.4, 0.5) is 5.69 Å². The van der Waals surface area contributed by atoms with Crippen molar-refractivity contribution in [3.63, 3.8) is 0 Å². The van der Waals surface area contributed by atoms with Crippen LogP contribution in [0.2, 0.25) is 15.2 Å². The van der Waals surface area contributed by atoms with Gasteiger partial charge in [0, 0.05) is 12.7 Å². The topological polar surface area (TPSA) is 57.8 Å². The summed E-state index contributed by atoms with van der Waals surface area (Å²) in [7, 11) is 1.63. The fourth-order valence-electron chi connectivity index (χ4n) is 1.64. The molecule has 102 valence electrons. The molecule has 0 saturated heterocycles. The van der Waals surface area contributed by atoms with Crippen molar-refractivity contribution in [3.8, 4) is 6.07 Å². The second-order valence-electron chi connectivity index (χ2n) is 3.99. The molecule has 2 aromatic rings. The molecule has 0 aliphatic carbocycles. The van der Waals surface area contributed by atoms with E-state index in [1.807, 2.05) is 6.07 Å². The SMILES string of the molecule is Cn1c(C(=O)Nc2ccc(C#N)c(Cl)c2)cc(Cl)c1Cl. The van der Waals surface area contributed by atoms with E-state index in [0.29, 0.717) is 22.0 Å². The number of benzene rings is 1. The van der Waals surface area contributed by atoms with Crippen LogP contribution in [-0.4, -0.2) is 10.5 Å². The van der Waals surface area contributed by atoms with Gasteiger partial charge in [0.1, 0.15) is 16.9 Å². The molecule has 0 aliphatic heterocycles. The van der Waals surface area contributed by atoms with Gasteiger partial charge in [-0.15, -0.1) is 0 Å². The highest BCUT2D eigenvalue weighted by Gasteiger charge is 2.16. The van der Waals surface area contributed by atoms with Crippen LogP contribution >= 0.6 is 34.8 Å². The van der Waals surface area contributed by atoms with Crippen molar-refractivity contribution in [1.82, 2.24) is 4.57 Å². The number of aromatic nitrogens is 1. The molecule has 2 rings (SSSR count). The Morgan fingerprint density at radius 1 is 1.25 bits per heavy atom. The van der Waals surface area contributed by atoms with E-state index in [0.717, 1.165) is 0 Å². The average molecular weight is 329 g/mol. The highest BCUT2D eigenvalue weighted by Crippen LogP contribution is 2.26. The van der Waals surface area contributed by atoms with Crippen molar-refractivity contribution in [2.75, 3.05) is 5.32 Å². The molecule has 0 saturated carbocycles. The quantitative estimate of drug-likeness (QED) is 0.902. The number of anilines is 1. The van der Waals surface area contributed by atoms with E-state index in [9.17, 15) is 4.79 Å². The standard InChI is InChI=1S/C13H8Cl3N3O/c1-19-11(5-10(15)12(19)16)13(20)18-8-3-2-7(6-17)9(14)4-8/h2-5H,1H3,(H,18,20). The molecule has 7 heteroatoms. The molecule has 0 aliphatic rings. The molecule has 1 aromatic heterocycles. The van der Waals surface area contributed by atoms with Crippen molar-refractivity contribution >= 4 is 46.4 Å². The third kappa shape index (κ3) is 2.75. The fraction of sp³-hybridized carbons (Fsp3) is 0.0769. The molecule has 0 bridgehead atoms. The van der Waals surface area contributed by atoms with Crippen LogP contribution in [0.1, 0.15) is 16.1 Å². The van der Waals surface area contributed by atoms with Crippen molar-refractivity contribution in [1.29, 1.82) is 5.26 Å². The third-order valence-corrected chi connectivity index (χ3v) is 3.85. The molecule has 1 N–H and O–H groups in total. The third-order valence-electron chi connectivity index (χ3n) is 2.70. The van der Waals surface area contributed by atoms with Gasteiger partial charge in [-0.25, -0.2) is 0 Å². The van der Waals surface area contributed by atoms with Crippen molar-refractivity contribution in [3.05, 3.63) is 50.7 Å². The van der Waals surface area contributed by atoms with Gasteiger partial charge in [0.2, 0.25) is 0 Å². The smallest absolute Gasteiger partial charge is 0.272 e. The van der Waals surface area contributed by atoms with E-state index >= 15 is 0 Å².